The van der Waals surface area contributed by atoms with Gasteiger partial charge in [-0.25, -0.2) is 15.0 Å². The van der Waals surface area contributed by atoms with Crippen molar-refractivity contribution in [1.29, 1.82) is 0 Å². The summed E-state index contributed by atoms with van der Waals surface area (Å²) in [5.41, 5.74) is 9.23. The number of nitrogens with zero attached hydrogens (tertiary/aromatic N) is 7. The lowest BCUT2D eigenvalue weighted by Gasteiger charge is -2.36. The number of carbonyl (C=O) groups is 2. The van der Waals surface area contributed by atoms with E-state index in [1.807, 2.05) is 0 Å². The lowest BCUT2D eigenvalue weighted by molar-refractivity contribution is -0.129. The van der Waals surface area contributed by atoms with Gasteiger partial charge in [-0.05, 0) is 12.1 Å². The van der Waals surface area contributed by atoms with Gasteiger partial charge in [-0.3, -0.25) is 14.6 Å². The van der Waals surface area contributed by atoms with Gasteiger partial charge in [0.1, 0.15) is 17.1 Å². The number of hydrogen-bond donors (Lipinski definition) is 1. The third-order valence-corrected chi connectivity index (χ3v) is 6.22. The van der Waals surface area contributed by atoms with Gasteiger partial charge in [0.25, 0.3) is 5.91 Å². The predicted octanol–water partition coefficient (Wildman–Crippen LogP) is 0.747. The summed E-state index contributed by atoms with van der Waals surface area (Å²) in [6, 6.07) is 3.40. The van der Waals surface area contributed by atoms with Gasteiger partial charge >= 0.3 is 0 Å². The number of aromatic nitrogens is 3. The molecule has 0 unspecified atom stereocenters. The van der Waals surface area contributed by atoms with Gasteiger partial charge in [0.15, 0.2) is 5.82 Å². The number of piperazine rings is 1. The van der Waals surface area contributed by atoms with E-state index in [-0.39, 0.29) is 11.8 Å². The van der Waals surface area contributed by atoms with Crippen LogP contribution in [0.4, 0.5) is 5.82 Å². The molecule has 2 amide bonds. The first-order valence-electron chi connectivity index (χ1n) is 11.5. The molecular formula is C24H30N8O3. The van der Waals surface area contributed by atoms with E-state index in [0.29, 0.717) is 74.2 Å². The Balaban J connectivity index is 1.57. The minimum Gasteiger partial charge on any atom is -0.495 e. The summed E-state index contributed by atoms with van der Waals surface area (Å²) in [5.74, 6) is 1.22. The third-order valence-electron chi connectivity index (χ3n) is 6.22. The van der Waals surface area contributed by atoms with E-state index in [9.17, 15) is 9.59 Å². The maximum atomic E-state index is 12.9. The summed E-state index contributed by atoms with van der Waals surface area (Å²) in [6.07, 6.45) is 5.30. The molecule has 0 aliphatic carbocycles. The Morgan fingerprint density at radius 2 is 1.86 bits per heavy atom. The van der Waals surface area contributed by atoms with Crippen LogP contribution in [0.15, 0.2) is 29.5 Å². The molecule has 2 aliphatic heterocycles. The van der Waals surface area contributed by atoms with Crippen LogP contribution in [0.25, 0.3) is 5.57 Å². The van der Waals surface area contributed by atoms with Crippen LogP contribution in [0.5, 0.6) is 5.75 Å². The maximum absolute atomic E-state index is 12.9. The van der Waals surface area contributed by atoms with Crippen molar-refractivity contribution in [3.05, 3.63) is 47.3 Å². The second-order valence-electron chi connectivity index (χ2n) is 8.35. The van der Waals surface area contributed by atoms with Crippen molar-refractivity contribution < 1.29 is 14.3 Å². The van der Waals surface area contributed by atoms with Crippen molar-refractivity contribution in [2.45, 2.75) is 19.9 Å². The Hall–Kier alpha value is -4.02. The van der Waals surface area contributed by atoms with Crippen LogP contribution >= 0.6 is 0 Å². The molecular weight excluding hydrogens is 448 g/mol. The molecule has 2 aromatic rings. The van der Waals surface area contributed by atoms with Crippen molar-refractivity contribution >= 4 is 29.4 Å². The summed E-state index contributed by atoms with van der Waals surface area (Å²) in [6.45, 7) is 4.81. The molecule has 0 bridgehead atoms. The fourth-order valence-corrected chi connectivity index (χ4v) is 4.24. The monoisotopic (exact) mass is 478 g/mol. The van der Waals surface area contributed by atoms with Crippen LogP contribution in [0.2, 0.25) is 0 Å². The zero-order chi connectivity index (χ0) is 24.9. The standard InChI is InChI=1S/C24H30N8O3/c1-16(33)32-7-6-19-21(15-32)28-22(17(12-25)13-26-2)23(29-19)30-8-10-31(11-9-30)24(34)20-5-4-18(35-3)14-27-20/h4-5,12-14H,6-11,15,25H2,1-3H3/b17-12+,26-13?. The largest absolute Gasteiger partial charge is 0.495 e. The second-order valence-corrected chi connectivity index (χ2v) is 8.35. The van der Waals surface area contributed by atoms with Gasteiger partial charge in [-0.15, -0.1) is 0 Å². The Kier molecular flexibility index (Phi) is 7.23. The van der Waals surface area contributed by atoms with Crippen LogP contribution in [-0.4, -0.2) is 89.7 Å². The molecule has 0 spiro atoms. The Bertz CT molecular complexity index is 1150. The minimum atomic E-state index is -0.117. The number of amides is 2. The number of methoxy groups -OCH3 is 1. The van der Waals surface area contributed by atoms with Gasteiger partial charge < -0.3 is 25.2 Å². The third kappa shape index (κ3) is 5.08. The highest BCUT2D eigenvalue weighted by Gasteiger charge is 2.29. The van der Waals surface area contributed by atoms with Crippen LogP contribution in [0.1, 0.15) is 34.5 Å². The topological polar surface area (TPSA) is 130 Å². The summed E-state index contributed by atoms with van der Waals surface area (Å²) in [4.78, 5) is 48.7. The molecule has 11 heteroatoms. The van der Waals surface area contributed by atoms with E-state index in [1.54, 1.807) is 55.4 Å². The Morgan fingerprint density at radius 1 is 1.09 bits per heavy atom. The van der Waals surface area contributed by atoms with Crippen LogP contribution < -0.4 is 15.4 Å². The first-order valence-corrected chi connectivity index (χ1v) is 11.5. The summed E-state index contributed by atoms with van der Waals surface area (Å²) in [7, 11) is 3.23. The lowest BCUT2D eigenvalue weighted by Crippen LogP contribution is -2.49. The number of anilines is 1. The molecule has 1 saturated heterocycles. The first kappa shape index (κ1) is 24.1. The molecule has 4 heterocycles. The molecule has 35 heavy (non-hydrogen) atoms. The number of rotatable bonds is 5. The van der Waals surface area contributed by atoms with Crippen molar-refractivity contribution in [1.82, 2.24) is 24.8 Å². The van der Waals surface area contributed by atoms with Crippen LogP contribution in [-0.2, 0) is 17.8 Å². The summed E-state index contributed by atoms with van der Waals surface area (Å²) < 4.78 is 5.12. The molecule has 11 nitrogen and oxygen atoms in total. The van der Waals surface area contributed by atoms with Gasteiger partial charge in [0.05, 0.1) is 31.2 Å². The molecule has 0 saturated carbocycles. The van der Waals surface area contributed by atoms with E-state index in [2.05, 4.69) is 14.9 Å². The number of aliphatic imine (C=N–C) groups is 1. The number of allylic oxidation sites excluding steroid dienone is 1. The van der Waals surface area contributed by atoms with Crippen molar-refractivity contribution in [2.75, 3.05) is 51.8 Å². The fourth-order valence-electron chi connectivity index (χ4n) is 4.24. The zero-order valence-electron chi connectivity index (χ0n) is 20.3. The number of pyridine rings is 1. The predicted molar refractivity (Wildman–Crippen MR) is 132 cm³/mol. The first-order chi connectivity index (χ1) is 16.9. The molecule has 2 aliphatic rings. The SMILES string of the molecule is CN=C/C(=C\N)c1nc2c(nc1N1CCN(C(=O)c3ccc(OC)cn3)CC1)CCN(C(C)=O)C2. The molecule has 184 valence electrons. The highest BCUT2D eigenvalue weighted by Crippen LogP contribution is 2.28. The molecule has 2 N–H and O–H groups in total. The van der Waals surface area contributed by atoms with E-state index >= 15 is 0 Å². The molecule has 0 aromatic carbocycles. The van der Waals surface area contributed by atoms with Gasteiger partial charge in [-0.2, -0.15) is 0 Å². The van der Waals surface area contributed by atoms with Crippen LogP contribution in [0.3, 0.4) is 0 Å². The number of ether oxygens (including phenoxy) is 1. The second kappa shape index (κ2) is 10.5. The van der Waals surface area contributed by atoms with Crippen molar-refractivity contribution in [3.63, 3.8) is 0 Å². The zero-order valence-corrected chi connectivity index (χ0v) is 20.3. The molecule has 1 fully saturated rings. The van der Waals surface area contributed by atoms with E-state index in [0.717, 1.165) is 11.4 Å². The van der Waals surface area contributed by atoms with Crippen LogP contribution in [0, 0.1) is 0 Å². The molecule has 4 rings (SSSR count). The lowest BCUT2D eigenvalue weighted by atomic mass is 10.1. The minimum absolute atomic E-state index is 0.0138. The molecule has 0 atom stereocenters. The fraction of sp³-hybridized carbons (Fsp3) is 0.417. The van der Waals surface area contributed by atoms with Crippen molar-refractivity contribution in [2.24, 2.45) is 10.7 Å². The number of carbonyl (C=O) groups excluding carboxylic acids is 2. The smallest absolute Gasteiger partial charge is 0.272 e. The Labute approximate surface area is 204 Å². The van der Waals surface area contributed by atoms with Crippen molar-refractivity contribution in [3.8, 4) is 5.75 Å². The number of hydrogen-bond acceptors (Lipinski definition) is 9. The summed E-state index contributed by atoms with van der Waals surface area (Å²) >= 11 is 0. The average Bonchev–Trinajstić information content (AvgIpc) is 2.90. The van der Waals surface area contributed by atoms with Gasteiger partial charge in [0.2, 0.25) is 5.91 Å². The van der Waals surface area contributed by atoms with E-state index in [4.69, 9.17) is 20.4 Å². The normalized spacial score (nSPS) is 16.4. The van der Waals surface area contributed by atoms with E-state index < -0.39 is 0 Å². The van der Waals surface area contributed by atoms with Gasteiger partial charge in [0, 0.05) is 71.1 Å². The molecule has 2 aromatic heterocycles. The number of nitrogens with two attached hydrogens (primary N) is 1. The quantitative estimate of drug-likeness (QED) is 0.623. The highest BCUT2D eigenvalue weighted by molar-refractivity contribution is 6.10. The maximum Gasteiger partial charge on any atom is 0.272 e. The molecule has 0 radical (unpaired) electrons. The number of fused-ring (bicyclic) bond motifs is 1. The average molecular weight is 479 g/mol. The van der Waals surface area contributed by atoms with E-state index in [1.165, 1.54) is 6.20 Å². The highest BCUT2D eigenvalue weighted by atomic mass is 16.5. The van der Waals surface area contributed by atoms with Gasteiger partial charge in [-0.1, -0.05) is 0 Å². The summed E-state index contributed by atoms with van der Waals surface area (Å²) in [5, 5.41) is 0. The Morgan fingerprint density at radius 3 is 2.46 bits per heavy atom.